The van der Waals surface area contributed by atoms with Crippen molar-refractivity contribution in [1.82, 2.24) is 4.98 Å². The third kappa shape index (κ3) is 4.14. The molecule has 0 aliphatic carbocycles. The number of aromatic nitrogens is 1. The van der Waals surface area contributed by atoms with Crippen LogP contribution in [0.25, 0.3) is 10.2 Å². The first-order chi connectivity index (χ1) is 14.0. The Balaban J connectivity index is 1.56. The smallest absolute Gasteiger partial charge is 0.257 e. The van der Waals surface area contributed by atoms with Crippen molar-refractivity contribution in [2.75, 3.05) is 10.6 Å². The van der Waals surface area contributed by atoms with Gasteiger partial charge in [0.2, 0.25) is 0 Å². The van der Waals surface area contributed by atoms with Crippen molar-refractivity contribution < 1.29 is 14.0 Å². The number of amides is 2. The number of aryl methyl sites for hydroxylation is 1. The molecule has 0 aliphatic heterocycles. The van der Waals surface area contributed by atoms with Gasteiger partial charge in [0.05, 0.1) is 10.2 Å². The highest BCUT2D eigenvalue weighted by Crippen LogP contribution is 2.31. The molecule has 144 valence electrons. The van der Waals surface area contributed by atoms with Crippen molar-refractivity contribution in [1.29, 1.82) is 0 Å². The maximum Gasteiger partial charge on any atom is 0.257 e. The number of fused-ring (bicyclic) bond motifs is 1. The molecule has 0 spiro atoms. The Kier molecular flexibility index (Phi) is 5.05. The summed E-state index contributed by atoms with van der Waals surface area (Å²) in [5.74, 6) is -0.952. The van der Waals surface area contributed by atoms with E-state index in [-0.39, 0.29) is 11.8 Å². The highest BCUT2D eigenvalue weighted by atomic mass is 32.1. The quantitative estimate of drug-likeness (QED) is 0.487. The summed E-state index contributed by atoms with van der Waals surface area (Å²) in [6.07, 6.45) is 0. The Bertz CT molecular complexity index is 1200. The van der Waals surface area contributed by atoms with Gasteiger partial charge in [0, 0.05) is 16.8 Å². The van der Waals surface area contributed by atoms with Crippen LogP contribution < -0.4 is 10.6 Å². The van der Waals surface area contributed by atoms with Gasteiger partial charge in [-0.1, -0.05) is 29.5 Å². The van der Waals surface area contributed by atoms with Gasteiger partial charge in [0.15, 0.2) is 5.13 Å². The molecular formula is C22H16FN3O2S. The van der Waals surface area contributed by atoms with Crippen molar-refractivity contribution in [3.8, 4) is 0 Å². The van der Waals surface area contributed by atoms with Crippen LogP contribution >= 0.6 is 11.3 Å². The molecule has 29 heavy (non-hydrogen) atoms. The Morgan fingerprint density at radius 3 is 2.28 bits per heavy atom. The lowest BCUT2D eigenvalue weighted by Crippen LogP contribution is -2.11. The minimum Gasteiger partial charge on any atom is -0.322 e. The van der Waals surface area contributed by atoms with Crippen LogP contribution in [0.2, 0.25) is 0 Å². The number of nitrogens with one attached hydrogen (secondary N) is 2. The topological polar surface area (TPSA) is 71.1 Å². The molecule has 0 bridgehead atoms. The Morgan fingerprint density at radius 1 is 0.897 bits per heavy atom. The number of hydrogen-bond acceptors (Lipinski definition) is 4. The number of anilines is 2. The first-order valence-corrected chi connectivity index (χ1v) is 9.66. The molecule has 1 heterocycles. The molecule has 4 rings (SSSR count). The highest BCUT2D eigenvalue weighted by Gasteiger charge is 2.13. The van der Waals surface area contributed by atoms with Crippen LogP contribution in [-0.2, 0) is 0 Å². The fourth-order valence-corrected chi connectivity index (χ4v) is 3.86. The predicted molar refractivity (Wildman–Crippen MR) is 113 cm³/mol. The van der Waals surface area contributed by atoms with Crippen LogP contribution in [0.4, 0.5) is 15.2 Å². The first kappa shape index (κ1) is 18.8. The predicted octanol–water partition coefficient (Wildman–Crippen LogP) is 5.25. The molecule has 0 fully saturated rings. The van der Waals surface area contributed by atoms with Gasteiger partial charge in [-0.2, -0.15) is 0 Å². The summed E-state index contributed by atoms with van der Waals surface area (Å²) in [5, 5.41) is 6.11. The van der Waals surface area contributed by atoms with Crippen molar-refractivity contribution in [3.63, 3.8) is 0 Å². The van der Waals surface area contributed by atoms with Gasteiger partial charge >= 0.3 is 0 Å². The van der Waals surface area contributed by atoms with Gasteiger partial charge in [-0.15, -0.1) is 0 Å². The third-order valence-electron chi connectivity index (χ3n) is 4.31. The number of rotatable bonds is 4. The van der Waals surface area contributed by atoms with Crippen molar-refractivity contribution in [2.45, 2.75) is 6.92 Å². The summed E-state index contributed by atoms with van der Waals surface area (Å²) < 4.78 is 13.9. The van der Waals surface area contributed by atoms with Gasteiger partial charge < -0.3 is 5.32 Å². The summed E-state index contributed by atoms with van der Waals surface area (Å²) in [5.41, 5.74) is 3.15. The third-order valence-corrected chi connectivity index (χ3v) is 5.22. The van der Waals surface area contributed by atoms with Crippen LogP contribution in [-0.4, -0.2) is 16.8 Å². The molecule has 7 heteroatoms. The van der Waals surface area contributed by atoms with Crippen LogP contribution in [0.3, 0.4) is 0 Å². The van der Waals surface area contributed by atoms with Crippen molar-refractivity contribution >= 4 is 44.2 Å². The van der Waals surface area contributed by atoms with E-state index < -0.39 is 5.82 Å². The molecule has 2 amide bonds. The Hall–Kier alpha value is -3.58. The monoisotopic (exact) mass is 405 g/mol. The SMILES string of the molecule is Cc1cc(NC(=O)c2ccc(F)cc2)cc2sc(NC(=O)c3ccccc3)nc12. The van der Waals surface area contributed by atoms with E-state index >= 15 is 0 Å². The zero-order chi connectivity index (χ0) is 20.4. The lowest BCUT2D eigenvalue weighted by molar-refractivity contribution is 0.101. The lowest BCUT2D eigenvalue weighted by Gasteiger charge is -2.06. The van der Waals surface area contributed by atoms with E-state index in [0.717, 1.165) is 15.8 Å². The second-order valence-corrected chi connectivity index (χ2v) is 7.47. The second kappa shape index (κ2) is 7.81. The Morgan fingerprint density at radius 2 is 1.55 bits per heavy atom. The largest absolute Gasteiger partial charge is 0.322 e. The fraction of sp³-hybridized carbons (Fsp3) is 0.0455. The minimum atomic E-state index is -0.395. The van der Waals surface area contributed by atoms with Crippen molar-refractivity contribution in [3.05, 3.63) is 89.2 Å². The standard InChI is InChI=1S/C22H16FN3O2S/c1-13-11-17(24-20(27)15-7-9-16(23)10-8-15)12-18-19(13)25-22(29-18)26-21(28)14-5-3-2-4-6-14/h2-12H,1H3,(H,24,27)(H,25,26,28). The molecule has 0 unspecified atom stereocenters. The summed E-state index contributed by atoms with van der Waals surface area (Å²) in [6.45, 7) is 1.89. The van der Waals surface area contributed by atoms with Crippen LogP contribution in [0, 0.1) is 12.7 Å². The molecule has 0 saturated carbocycles. The minimum absolute atomic E-state index is 0.229. The average Bonchev–Trinajstić information content (AvgIpc) is 3.12. The van der Waals surface area contributed by atoms with Gasteiger partial charge in [-0.3, -0.25) is 14.9 Å². The summed E-state index contributed by atoms with van der Waals surface area (Å²) in [6, 6.07) is 17.9. The molecular weight excluding hydrogens is 389 g/mol. The van der Waals surface area contributed by atoms with E-state index in [1.807, 2.05) is 19.1 Å². The van der Waals surface area contributed by atoms with E-state index in [4.69, 9.17) is 0 Å². The molecule has 4 aromatic rings. The molecule has 0 radical (unpaired) electrons. The number of nitrogens with zero attached hydrogens (tertiary/aromatic N) is 1. The molecule has 2 N–H and O–H groups in total. The number of thiazole rings is 1. The summed E-state index contributed by atoms with van der Waals surface area (Å²) in [7, 11) is 0. The van der Waals surface area contributed by atoms with Gasteiger partial charge in [-0.25, -0.2) is 9.37 Å². The first-order valence-electron chi connectivity index (χ1n) is 8.84. The zero-order valence-electron chi connectivity index (χ0n) is 15.4. The normalized spacial score (nSPS) is 10.7. The molecule has 0 saturated heterocycles. The van der Waals surface area contributed by atoms with E-state index in [9.17, 15) is 14.0 Å². The molecule has 0 aliphatic rings. The zero-order valence-corrected chi connectivity index (χ0v) is 16.2. The van der Waals surface area contributed by atoms with E-state index in [1.54, 1.807) is 30.3 Å². The van der Waals surface area contributed by atoms with Crippen molar-refractivity contribution in [2.24, 2.45) is 0 Å². The maximum absolute atomic E-state index is 13.0. The van der Waals surface area contributed by atoms with Crippen LogP contribution in [0.1, 0.15) is 26.3 Å². The number of carbonyl (C=O) groups excluding carboxylic acids is 2. The number of benzene rings is 3. The number of halogens is 1. The lowest BCUT2D eigenvalue weighted by atomic mass is 10.1. The molecule has 0 atom stereocenters. The van der Waals surface area contributed by atoms with E-state index in [2.05, 4.69) is 15.6 Å². The highest BCUT2D eigenvalue weighted by molar-refractivity contribution is 7.22. The molecule has 3 aromatic carbocycles. The number of carbonyl (C=O) groups is 2. The summed E-state index contributed by atoms with van der Waals surface area (Å²) >= 11 is 1.33. The van der Waals surface area contributed by atoms with Crippen LogP contribution in [0.5, 0.6) is 0 Å². The summed E-state index contributed by atoms with van der Waals surface area (Å²) in [4.78, 5) is 29.2. The van der Waals surface area contributed by atoms with Gasteiger partial charge in [0.1, 0.15) is 5.82 Å². The van der Waals surface area contributed by atoms with Crippen LogP contribution in [0.15, 0.2) is 66.7 Å². The van der Waals surface area contributed by atoms with E-state index in [1.165, 1.54) is 35.6 Å². The fourth-order valence-electron chi connectivity index (χ4n) is 2.89. The average molecular weight is 405 g/mol. The van der Waals surface area contributed by atoms with E-state index in [0.29, 0.717) is 21.9 Å². The second-order valence-electron chi connectivity index (χ2n) is 6.44. The van der Waals surface area contributed by atoms with Gasteiger partial charge in [-0.05, 0) is 61.0 Å². The Labute approximate surface area is 170 Å². The number of hydrogen-bond donors (Lipinski definition) is 2. The molecule has 5 nitrogen and oxygen atoms in total. The van der Waals surface area contributed by atoms with Gasteiger partial charge in [0.25, 0.3) is 11.8 Å². The molecule has 1 aromatic heterocycles. The maximum atomic E-state index is 13.0.